The smallest absolute Gasteiger partial charge is 0.416 e. The Balaban J connectivity index is 1.39. The van der Waals surface area contributed by atoms with E-state index >= 15 is 8.78 Å². The second kappa shape index (κ2) is 10.1. The first-order chi connectivity index (χ1) is 18.0. The van der Waals surface area contributed by atoms with Crippen LogP contribution in [0.15, 0.2) is 46.9 Å². The molecule has 2 aliphatic rings. The van der Waals surface area contributed by atoms with Gasteiger partial charge in [0.25, 0.3) is 5.91 Å². The lowest BCUT2D eigenvalue weighted by Crippen LogP contribution is -2.50. The zero-order valence-electron chi connectivity index (χ0n) is 20.1. The quantitative estimate of drug-likeness (QED) is 0.426. The Morgan fingerprint density at radius 2 is 1.68 bits per heavy atom. The van der Waals surface area contributed by atoms with Crippen LogP contribution in [-0.4, -0.2) is 54.8 Å². The lowest BCUT2D eigenvalue weighted by Gasteiger charge is -2.30. The highest BCUT2D eigenvalue weighted by molar-refractivity contribution is 5.87. The molecule has 3 aromatic rings. The van der Waals surface area contributed by atoms with Crippen molar-refractivity contribution in [3.05, 3.63) is 59.4 Å². The maximum atomic E-state index is 15.2. The van der Waals surface area contributed by atoms with Gasteiger partial charge in [0.2, 0.25) is 0 Å². The molecule has 2 aliphatic heterocycles. The summed E-state index contributed by atoms with van der Waals surface area (Å²) in [5.74, 6) is -6.18. The maximum absolute atomic E-state index is 15.2. The number of aliphatic hydroxyl groups is 1. The Labute approximate surface area is 214 Å². The van der Waals surface area contributed by atoms with Crippen molar-refractivity contribution in [1.29, 1.82) is 0 Å². The fourth-order valence-electron chi connectivity index (χ4n) is 4.69. The predicted octanol–water partition coefficient (Wildman–Crippen LogP) is 4.63. The molecule has 38 heavy (non-hydrogen) atoms. The minimum Gasteiger partial charge on any atom is -0.486 e. The van der Waals surface area contributed by atoms with Gasteiger partial charge in [-0.3, -0.25) is 4.79 Å². The van der Waals surface area contributed by atoms with Crippen molar-refractivity contribution in [2.24, 2.45) is 0 Å². The number of rotatable bonds is 7. The van der Waals surface area contributed by atoms with Crippen molar-refractivity contribution in [2.75, 3.05) is 32.8 Å². The van der Waals surface area contributed by atoms with Gasteiger partial charge < -0.3 is 29.2 Å². The van der Waals surface area contributed by atoms with E-state index in [2.05, 4.69) is 5.32 Å². The van der Waals surface area contributed by atoms with Crippen molar-refractivity contribution in [2.45, 2.75) is 37.1 Å². The summed E-state index contributed by atoms with van der Waals surface area (Å²) >= 11 is 0. The molecule has 3 heterocycles. The monoisotopic (exact) mass is 540 g/mol. The molecule has 5 rings (SSSR count). The summed E-state index contributed by atoms with van der Waals surface area (Å²) in [4.78, 5) is 14.8. The van der Waals surface area contributed by atoms with Crippen LogP contribution in [0, 0.1) is 0 Å². The Hall–Kier alpha value is -3.38. The third-order valence-corrected chi connectivity index (χ3v) is 6.70. The Morgan fingerprint density at radius 3 is 2.39 bits per heavy atom. The molecule has 1 amide bonds. The third-order valence-electron chi connectivity index (χ3n) is 6.70. The second-order valence-electron chi connectivity index (χ2n) is 9.37. The Kier molecular flexibility index (Phi) is 6.95. The zero-order chi connectivity index (χ0) is 27.1. The molecule has 1 saturated heterocycles. The first-order valence-corrected chi connectivity index (χ1v) is 12.1. The van der Waals surface area contributed by atoms with Crippen LogP contribution in [-0.2, 0) is 16.9 Å². The van der Waals surface area contributed by atoms with E-state index in [9.17, 15) is 23.1 Å². The highest BCUT2D eigenvalue weighted by Crippen LogP contribution is 2.37. The molecule has 1 fully saturated rings. The van der Waals surface area contributed by atoms with Crippen LogP contribution in [0.3, 0.4) is 0 Å². The Bertz CT molecular complexity index is 1320. The summed E-state index contributed by atoms with van der Waals surface area (Å²) in [7, 11) is 0. The number of ether oxygens (including phenoxy) is 2. The number of amides is 1. The van der Waals surface area contributed by atoms with E-state index in [0.29, 0.717) is 55.5 Å². The zero-order valence-corrected chi connectivity index (χ0v) is 20.1. The van der Waals surface area contributed by atoms with Crippen molar-refractivity contribution in [3.63, 3.8) is 0 Å². The van der Waals surface area contributed by atoms with Gasteiger partial charge in [0.15, 0.2) is 17.3 Å². The molecular formula is C26H25F5N2O5. The number of carbonyl (C=O) groups excluding carboxylic acids is 1. The lowest BCUT2D eigenvalue weighted by molar-refractivity contribution is -0.151. The molecule has 0 spiro atoms. The summed E-state index contributed by atoms with van der Waals surface area (Å²) < 4.78 is 85.6. The van der Waals surface area contributed by atoms with Crippen molar-refractivity contribution < 1.29 is 45.7 Å². The molecule has 0 aliphatic carbocycles. The lowest BCUT2D eigenvalue weighted by atomic mass is 10.00. The second-order valence-corrected chi connectivity index (χ2v) is 9.37. The van der Waals surface area contributed by atoms with Crippen LogP contribution in [0.1, 0.15) is 35.8 Å². The Morgan fingerprint density at radius 1 is 0.974 bits per heavy atom. The summed E-state index contributed by atoms with van der Waals surface area (Å²) in [6, 6.07) is 6.61. The molecule has 0 radical (unpaired) electrons. The van der Waals surface area contributed by atoms with Gasteiger partial charge in [0, 0.05) is 11.9 Å². The van der Waals surface area contributed by atoms with E-state index in [1.54, 1.807) is 12.1 Å². The topological polar surface area (TPSA) is 84.2 Å². The molecule has 204 valence electrons. The van der Waals surface area contributed by atoms with Gasteiger partial charge in [-0.2, -0.15) is 22.0 Å². The minimum atomic E-state index is -4.67. The van der Waals surface area contributed by atoms with Gasteiger partial charge in [-0.15, -0.1) is 0 Å². The van der Waals surface area contributed by atoms with Gasteiger partial charge >= 0.3 is 12.1 Å². The number of nitrogens with one attached hydrogen (secondary N) is 1. The molecular weight excluding hydrogens is 515 g/mol. The highest BCUT2D eigenvalue weighted by atomic mass is 19.4. The van der Waals surface area contributed by atoms with Crippen molar-refractivity contribution in [1.82, 2.24) is 10.2 Å². The third kappa shape index (κ3) is 5.28. The van der Waals surface area contributed by atoms with Crippen LogP contribution in [0.25, 0.3) is 11.0 Å². The average Bonchev–Trinajstić information content (AvgIpc) is 3.56. The van der Waals surface area contributed by atoms with Gasteiger partial charge in [0.05, 0.1) is 11.6 Å². The molecule has 12 heteroatoms. The van der Waals surface area contributed by atoms with Crippen LogP contribution in [0.2, 0.25) is 0 Å². The number of furan rings is 1. The summed E-state index contributed by atoms with van der Waals surface area (Å²) in [5, 5.41) is 13.2. The number of hydrogen-bond donors (Lipinski definition) is 2. The average molecular weight is 540 g/mol. The molecule has 2 aromatic carbocycles. The molecule has 2 N–H and O–H groups in total. The number of aliphatic hydroxyl groups excluding tert-OH is 1. The SMILES string of the molecule is O=C(NC(CN1CCCC1)C(O)c1ccc2c(c1)OCCO2)C(F)(F)c1cc2cc(C(F)(F)F)ccc2o1. The fourth-order valence-corrected chi connectivity index (χ4v) is 4.69. The van der Waals surface area contributed by atoms with Gasteiger partial charge in [-0.1, -0.05) is 6.07 Å². The normalized spacial score (nSPS) is 17.9. The summed E-state index contributed by atoms with van der Waals surface area (Å²) in [5.41, 5.74) is -0.908. The molecule has 2 unspecified atom stereocenters. The minimum absolute atomic E-state index is 0.104. The molecule has 2 atom stereocenters. The van der Waals surface area contributed by atoms with E-state index < -0.39 is 41.5 Å². The number of alkyl halides is 5. The van der Waals surface area contributed by atoms with Crippen molar-refractivity contribution >= 4 is 16.9 Å². The van der Waals surface area contributed by atoms with Crippen LogP contribution in [0.5, 0.6) is 11.5 Å². The fraction of sp³-hybridized carbons (Fsp3) is 0.423. The number of hydrogen-bond acceptors (Lipinski definition) is 6. The number of nitrogens with zero attached hydrogens (tertiary/aromatic N) is 1. The molecule has 0 bridgehead atoms. The van der Waals surface area contributed by atoms with Crippen LogP contribution < -0.4 is 14.8 Å². The number of fused-ring (bicyclic) bond motifs is 2. The van der Waals surface area contributed by atoms with Crippen molar-refractivity contribution in [3.8, 4) is 11.5 Å². The standard InChI is InChI=1S/C26H25F5N2O5/c27-25(28,22-13-16-11-17(26(29,30)31)4-6-19(16)38-22)24(35)32-18(14-33-7-1-2-8-33)23(34)15-3-5-20-21(12-15)37-10-9-36-20/h3-6,11-13,18,23,34H,1-2,7-10,14H2,(H,32,35). The largest absolute Gasteiger partial charge is 0.486 e. The first kappa shape index (κ1) is 26.2. The van der Waals surface area contributed by atoms with Crippen LogP contribution >= 0.6 is 0 Å². The van der Waals surface area contributed by atoms with Gasteiger partial charge in [-0.05, 0) is 67.9 Å². The number of halogens is 5. The van der Waals surface area contributed by atoms with E-state index in [1.165, 1.54) is 6.07 Å². The number of benzene rings is 2. The highest BCUT2D eigenvalue weighted by Gasteiger charge is 2.46. The van der Waals surface area contributed by atoms with Crippen LogP contribution in [0.4, 0.5) is 22.0 Å². The summed E-state index contributed by atoms with van der Waals surface area (Å²) in [6.45, 7) is 2.15. The van der Waals surface area contributed by atoms with E-state index in [0.717, 1.165) is 25.0 Å². The van der Waals surface area contributed by atoms with Gasteiger partial charge in [-0.25, -0.2) is 0 Å². The molecule has 0 saturated carbocycles. The predicted molar refractivity (Wildman–Crippen MR) is 125 cm³/mol. The first-order valence-electron chi connectivity index (χ1n) is 12.1. The summed E-state index contributed by atoms with van der Waals surface area (Å²) in [6.07, 6.45) is -4.24. The van der Waals surface area contributed by atoms with Gasteiger partial charge in [0.1, 0.15) is 24.9 Å². The van der Waals surface area contributed by atoms with E-state index in [-0.39, 0.29) is 17.5 Å². The van der Waals surface area contributed by atoms with E-state index in [4.69, 9.17) is 13.9 Å². The van der Waals surface area contributed by atoms with E-state index in [1.807, 2.05) is 4.90 Å². The number of carbonyl (C=O) groups is 1. The molecule has 1 aromatic heterocycles. The molecule has 7 nitrogen and oxygen atoms in total. The number of likely N-dealkylation sites (tertiary alicyclic amines) is 1. The maximum Gasteiger partial charge on any atom is 0.416 e.